The molecule has 0 saturated carbocycles. The minimum absolute atomic E-state index is 0.0582. The van der Waals surface area contributed by atoms with E-state index in [1.807, 2.05) is 4.68 Å². The van der Waals surface area contributed by atoms with Crippen molar-refractivity contribution in [1.82, 2.24) is 24.8 Å². The Morgan fingerprint density at radius 2 is 1.45 bits per heavy atom. The highest BCUT2D eigenvalue weighted by Gasteiger charge is 2.26. The van der Waals surface area contributed by atoms with Gasteiger partial charge in [0, 0.05) is 32.7 Å². The quantitative estimate of drug-likeness (QED) is 0.505. The normalized spacial score (nSPS) is 15.8. The second-order valence-electron chi connectivity index (χ2n) is 7.31. The molecule has 1 saturated heterocycles. The van der Waals surface area contributed by atoms with Gasteiger partial charge in [0.1, 0.15) is 9.39 Å². The smallest absolute Gasteiger partial charge is 0.125 e. The first kappa shape index (κ1) is 20.5. The maximum absolute atomic E-state index is 9.28. The maximum atomic E-state index is 9.28. The Hall–Kier alpha value is -1.81. The molecule has 6 nitrogen and oxygen atoms in total. The highest BCUT2D eigenvalue weighted by molar-refractivity contribution is 14.1. The molecule has 0 unspecified atom stereocenters. The van der Waals surface area contributed by atoms with Crippen LogP contribution in [0.15, 0.2) is 60.7 Å². The van der Waals surface area contributed by atoms with Crippen molar-refractivity contribution < 1.29 is 5.11 Å². The minimum atomic E-state index is -0.0582. The summed E-state index contributed by atoms with van der Waals surface area (Å²) < 4.78 is 2.81. The third kappa shape index (κ3) is 4.85. The summed E-state index contributed by atoms with van der Waals surface area (Å²) in [4.78, 5) is 5.07. The van der Waals surface area contributed by atoms with Crippen molar-refractivity contribution in [2.24, 2.45) is 0 Å². The summed E-state index contributed by atoms with van der Waals surface area (Å²) in [6.45, 7) is 5.82. The summed E-state index contributed by atoms with van der Waals surface area (Å²) in [7, 11) is 0. The number of aliphatic hydroxyl groups is 1. The van der Waals surface area contributed by atoms with E-state index in [4.69, 9.17) is 0 Å². The van der Waals surface area contributed by atoms with Crippen LogP contribution in [-0.4, -0.2) is 62.6 Å². The number of nitrogens with zero attached hydrogens (tertiary/aromatic N) is 5. The van der Waals surface area contributed by atoms with E-state index in [0.717, 1.165) is 43.0 Å². The van der Waals surface area contributed by atoms with Crippen LogP contribution in [0.2, 0.25) is 0 Å². The Morgan fingerprint density at radius 1 is 0.862 bits per heavy atom. The minimum Gasteiger partial charge on any atom is -0.390 e. The second kappa shape index (κ2) is 9.80. The molecule has 29 heavy (non-hydrogen) atoms. The molecule has 0 aliphatic carbocycles. The van der Waals surface area contributed by atoms with Crippen molar-refractivity contribution in [3.05, 3.63) is 81.2 Å². The zero-order valence-electron chi connectivity index (χ0n) is 16.4. The van der Waals surface area contributed by atoms with Gasteiger partial charge in [-0.15, -0.1) is 5.10 Å². The summed E-state index contributed by atoms with van der Waals surface area (Å²) in [6.07, 6.45) is 0. The van der Waals surface area contributed by atoms with Crippen LogP contribution in [0.25, 0.3) is 0 Å². The fourth-order valence-corrected chi connectivity index (χ4v) is 4.56. The average Bonchev–Trinajstić information content (AvgIpc) is 3.14. The van der Waals surface area contributed by atoms with Gasteiger partial charge >= 0.3 is 0 Å². The molecule has 7 heteroatoms. The molecular weight excluding hydrogens is 475 g/mol. The first-order chi connectivity index (χ1) is 14.3. The summed E-state index contributed by atoms with van der Waals surface area (Å²) >= 11 is 2.21. The van der Waals surface area contributed by atoms with E-state index in [2.05, 4.69) is 103 Å². The molecule has 1 fully saturated rings. The molecule has 152 valence electrons. The number of hydrogen-bond acceptors (Lipinski definition) is 5. The molecule has 0 bridgehead atoms. The maximum Gasteiger partial charge on any atom is 0.125 e. The van der Waals surface area contributed by atoms with Crippen molar-refractivity contribution in [1.29, 1.82) is 0 Å². The van der Waals surface area contributed by atoms with Gasteiger partial charge < -0.3 is 5.11 Å². The fraction of sp³-hybridized carbons (Fsp3) is 0.364. The van der Waals surface area contributed by atoms with Gasteiger partial charge in [0.05, 0.1) is 19.2 Å². The Labute approximate surface area is 185 Å². The zero-order chi connectivity index (χ0) is 20.1. The first-order valence-electron chi connectivity index (χ1n) is 10.0. The topological polar surface area (TPSA) is 57.4 Å². The van der Waals surface area contributed by atoms with Gasteiger partial charge in [-0.1, -0.05) is 65.9 Å². The van der Waals surface area contributed by atoms with Gasteiger partial charge in [-0.05, 0) is 33.7 Å². The SMILES string of the molecule is OCc1nnn(CCN2CCN(C(c3ccccc3)c3ccccc3)CC2)c1[125I]. The number of piperazine rings is 1. The standard InChI is InChI=1S/C22H26IN5O/c23-22-20(17-29)24-25-28(22)16-13-26-11-14-27(15-12-26)21(18-7-3-1-4-8-18)19-9-5-2-6-10-19/h1-10,21,29H,11-17H2/i23-2. The summed E-state index contributed by atoms with van der Waals surface area (Å²) in [5, 5.41) is 17.5. The van der Waals surface area contributed by atoms with E-state index < -0.39 is 0 Å². The van der Waals surface area contributed by atoms with E-state index in [9.17, 15) is 5.11 Å². The van der Waals surface area contributed by atoms with Crippen LogP contribution in [0.5, 0.6) is 0 Å². The molecule has 2 aromatic carbocycles. The molecule has 0 radical (unpaired) electrons. The van der Waals surface area contributed by atoms with Crippen molar-refractivity contribution in [2.75, 3.05) is 32.7 Å². The van der Waals surface area contributed by atoms with Crippen LogP contribution in [0.4, 0.5) is 0 Å². The van der Waals surface area contributed by atoms with Crippen LogP contribution < -0.4 is 0 Å². The van der Waals surface area contributed by atoms with Crippen LogP contribution in [0.1, 0.15) is 22.9 Å². The van der Waals surface area contributed by atoms with Gasteiger partial charge in [0.15, 0.2) is 0 Å². The second-order valence-corrected chi connectivity index (χ2v) is 8.33. The largest absolute Gasteiger partial charge is 0.390 e. The molecule has 1 aliphatic rings. The zero-order valence-corrected chi connectivity index (χ0v) is 18.5. The molecule has 0 atom stereocenters. The van der Waals surface area contributed by atoms with Gasteiger partial charge in [-0.25, -0.2) is 4.68 Å². The van der Waals surface area contributed by atoms with E-state index in [0.29, 0.717) is 11.7 Å². The lowest BCUT2D eigenvalue weighted by Crippen LogP contribution is -2.48. The van der Waals surface area contributed by atoms with Crippen LogP contribution in [0, 0.1) is 3.70 Å². The monoisotopic (exact) mass is 501 g/mol. The van der Waals surface area contributed by atoms with Gasteiger partial charge in [-0.2, -0.15) is 0 Å². The highest BCUT2D eigenvalue weighted by Crippen LogP contribution is 2.29. The Kier molecular flexibility index (Phi) is 6.91. The number of rotatable bonds is 7. The van der Waals surface area contributed by atoms with Crippen LogP contribution in [-0.2, 0) is 13.2 Å². The number of benzene rings is 2. The highest BCUT2D eigenvalue weighted by atomic mass is 125. The summed E-state index contributed by atoms with van der Waals surface area (Å²) in [6, 6.07) is 21.9. The first-order valence-corrected chi connectivity index (χ1v) is 11.1. The third-order valence-corrected chi connectivity index (χ3v) is 6.70. The summed E-state index contributed by atoms with van der Waals surface area (Å²) in [5.41, 5.74) is 3.35. The molecule has 1 aromatic heterocycles. The third-order valence-electron chi connectivity index (χ3n) is 5.52. The molecule has 0 spiro atoms. The van der Waals surface area contributed by atoms with E-state index in [1.54, 1.807) is 0 Å². The molecule has 0 amide bonds. The van der Waals surface area contributed by atoms with Crippen molar-refractivity contribution >= 4 is 22.6 Å². The summed E-state index contributed by atoms with van der Waals surface area (Å²) in [5.74, 6) is 0. The number of hydrogen-bond donors (Lipinski definition) is 1. The number of halogens is 1. The van der Waals surface area contributed by atoms with E-state index in [1.165, 1.54) is 11.1 Å². The lowest BCUT2D eigenvalue weighted by atomic mass is 9.96. The Balaban J connectivity index is 1.40. The fourth-order valence-electron chi connectivity index (χ4n) is 3.94. The Bertz CT molecular complexity index is 855. The molecule has 4 rings (SSSR count). The van der Waals surface area contributed by atoms with Crippen molar-refractivity contribution in [2.45, 2.75) is 19.2 Å². The van der Waals surface area contributed by atoms with Gasteiger partial charge in [0.2, 0.25) is 0 Å². The van der Waals surface area contributed by atoms with E-state index in [-0.39, 0.29) is 6.61 Å². The molecule has 2 heterocycles. The average molecular weight is 501 g/mol. The van der Waals surface area contributed by atoms with Crippen LogP contribution >= 0.6 is 22.6 Å². The lowest BCUT2D eigenvalue weighted by molar-refractivity contribution is 0.106. The molecule has 1 N–H and O–H groups in total. The van der Waals surface area contributed by atoms with Crippen LogP contribution in [0.3, 0.4) is 0 Å². The predicted octanol–water partition coefficient (Wildman–Crippen LogP) is 2.78. The predicted molar refractivity (Wildman–Crippen MR) is 121 cm³/mol. The molecule has 1 aliphatic heterocycles. The number of aromatic nitrogens is 3. The van der Waals surface area contributed by atoms with Gasteiger partial charge in [-0.3, -0.25) is 9.80 Å². The van der Waals surface area contributed by atoms with Crippen molar-refractivity contribution in [3.8, 4) is 0 Å². The number of aliphatic hydroxyl groups excluding tert-OH is 1. The van der Waals surface area contributed by atoms with Gasteiger partial charge in [0.25, 0.3) is 0 Å². The van der Waals surface area contributed by atoms with E-state index >= 15 is 0 Å². The van der Waals surface area contributed by atoms with Crippen molar-refractivity contribution in [3.63, 3.8) is 0 Å². The Morgan fingerprint density at radius 3 is 1.97 bits per heavy atom. The lowest BCUT2D eigenvalue weighted by Gasteiger charge is -2.39. The molecule has 3 aromatic rings. The molecular formula is C22H26IN5O.